The van der Waals surface area contributed by atoms with Crippen LogP contribution in [0.5, 0.6) is 0 Å². The van der Waals surface area contributed by atoms with Crippen molar-refractivity contribution in [3.05, 3.63) is 66.6 Å². The van der Waals surface area contributed by atoms with E-state index in [-0.39, 0.29) is 24.5 Å². The number of rotatable bonds is 5. The number of ketones is 1. The molecule has 4 rings (SSSR count). The maximum atomic E-state index is 12.5. The molecule has 0 spiro atoms. The number of nitrogens with zero attached hydrogens (tertiary/aromatic N) is 4. The SMILES string of the molecule is O=C(CCC(=O)N1CCN(c2cnccn2)CC1)c1ccc2ccccc2c1. The average Bonchev–Trinajstić information content (AvgIpc) is 2.77. The van der Waals surface area contributed by atoms with Gasteiger partial charge >= 0.3 is 0 Å². The van der Waals surface area contributed by atoms with E-state index in [1.165, 1.54) is 0 Å². The molecule has 0 radical (unpaired) electrons. The average molecular weight is 374 g/mol. The zero-order chi connectivity index (χ0) is 19.3. The number of carbonyl (C=O) groups is 2. The third kappa shape index (κ3) is 4.01. The Kier molecular flexibility index (Phi) is 5.28. The first-order chi connectivity index (χ1) is 13.7. The third-order valence-corrected chi connectivity index (χ3v) is 5.14. The van der Waals surface area contributed by atoms with Crippen LogP contribution in [0.3, 0.4) is 0 Å². The predicted molar refractivity (Wildman–Crippen MR) is 108 cm³/mol. The number of hydrogen-bond acceptors (Lipinski definition) is 5. The fourth-order valence-electron chi connectivity index (χ4n) is 3.53. The quantitative estimate of drug-likeness (QED) is 0.643. The van der Waals surface area contributed by atoms with E-state index < -0.39 is 0 Å². The Labute approximate surface area is 163 Å². The molecule has 28 heavy (non-hydrogen) atoms. The summed E-state index contributed by atoms with van der Waals surface area (Å²) in [4.78, 5) is 37.4. The Bertz CT molecular complexity index is 982. The Morgan fingerprint density at radius 1 is 0.893 bits per heavy atom. The molecule has 1 aromatic heterocycles. The molecule has 142 valence electrons. The van der Waals surface area contributed by atoms with Gasteiger partial charge in [-0.15, -0.1) is 0 Å². The molecule has 1 amide bonds. The lowest BCUT2D eigenvalue weighted by molar-refractivity contribution is -0.131. The Morgan fingerprint density at radius 2 is 1.68 bits per heavy atom. The second kappa shape index (κ2) is 8.17. The fourth-order valence-corrected chi connectivity index (χ4v) is 3.53. The van der Waals surface area contributed by atoms with Gasteiger partial charge in [-0.05, 0) is 16.8 Å². The van der Waals surface area contributed by atoms with Crippen molar-refractivity contribution in [1.29, 1.82) is 0 Å². The zero-order valence-corrected chi connectivity index (χ0v) is 15.6. The first-order valence-electron chi connectivity index (χ1n) is 9.51. The molecule has 0 saturated carbocycles. The van der Waals surface area contributed by atoms with Gasteiger partial charge in [0.1, 0.15) is 5.82 Å². The minimum atomic E-state index is 0.0114. The molecule has 1 aliphatic rings. The van der Waals surface area contributed by atoms with Gasteiger partial charge in [-0.25, -0.2) is 4.98 Å². The van der Waals surface area contributed by atoms with Crippen LogP contribution in [0.1, 0.15) is 23.2 Å². The maximum Gasteiger partial charge on any atom is 0.223 e. The highest BCUT2D eigenvalue weighted by atomic mass is 16.2. The van der Waals surface area contributed by atoms with Gasteiger partial charge in [0.25, 0.3) is 0 Å². The summed E-state index contributed by atoms with van der Waals surface area (Å²) in [5, 5.41) is 2.15. The van der Waals surface area contributed by atoms with Crippen LogP contribution in [-0.2, 0) is 4.79 Å². The number of anilines is 1. The molecular weight excluding hydrogens is 352 g/mol. The predicted octanol–water partition coefficient (Wildman–Crippen LogP) is 2.94. The number of Topliss-reactive ketones (excluding diaryl/α,β-unsaturated/α-hetero) is 1. The maximum absolute atomic E-state index is 12.5. The van der Waals surface area contributed by atoms with E-state index in [4.69, 9.17) is 0 Å². The second-order valence-electron chi connectivity index (χ2n) is 6.92. The molecule has 3 aromatic rings. The van der Waals surface area contributed by atoms with Crippen LogP contribution < -0.4 is 4.90 Å². The summed E-state index contributed by atoms with van der Waals surface area (Å²) in [6.07, 6.45) is 5.54. The molecule has 6 heteroatoms. The molecule has 0 atom stereocenters. The molecule has 1 aliphatic heterocycles. The van der Waals surface area contributed by atoms with Gasteiger partial charge in [-0.1, -0.05) is 36.4 Å². The lowest BCUT2D eigenvalue weighted by Gasteiger charge is -2.35. The summed E-state index contributed by atoms with van der Waals surface area (Å²) < 4.78 is 0. The smallest absolute Gasteiger partial charge is 0.223 e. The standard InChI is InChI=1S/C22H22N4O2/c27-20(19-6-5-17-3-1-2-4-18(17)15-19)7-8-22(28)26-13-11-25(12-14-26)21-16-23-9-10-24-21/h1-6,9-10,15-16H,7-8,11-14H2. The van der Waals surface area contributed by atoms with Crippen molar-refractivity contribution in [3.8, 4) is 0 Å². The van der Waals surface area contributed by atoms with E-state index >= 15 is 0 Å². The van der Waals surface area contributed by atoms with Crippen LogP contribution >= 0.6 is 0 Å². The summed E-state index contributed by atoms with van der Waals surface area (Å²) >= 11 is 0. The lowest BCUT2D eigenvalue weighted by Crippen LogP contribution is -2.49. The number of aromatic nitrogens is 2. The zero-order valence-electron chi connectivity index (χ0n) is 15.6. The lowest BCUT2D eigenvalue weighted by atomic mass is 10.0. The summed E-state index contributed by atoms with van der Waals surface area (Å²) in [5.74, 6) is 0.881. The van der Waals surface area contributed by atoms with Gasteiger partial charge in [0, 0.05) is 57.0 Å². The summed E-state index contributed by atoms with van der Waals surface area (Å²) in [5.41, 5.74) is 0.666. The molecule has 0 unspecified atom stereocenters. The molecule has 0 N–H and O–H groups in total. The number of benzene rings is 2. The minimum Gasteiger partial charge on any atom is -0.352 e. The minimum absolute atomic E-state index is 0.0114. The number of fused-ring (bicyclic) bond motifs is 1. The van der Waals surface area contributed by atoms with Gasteiger partial charge in [-0.2, -0.15) is 0 Å². The summed E-state index contributed by atoms with van der Waals surface area (Å²) in [6, 6.07) is 13.7. The van der Waals surface area contributed by atoms with Crippen molar-refractivity contribution < 1.29 is 9.59 Å². The van der Waals surface area contributed by atoms with Gasteiger partial charge in [0.15, 0.2) is 5.78 Å². The topological polar surface area (TPSA) is 66.4 Å². The van der Waals surface area contributed by atoms with E-state index in [9.17, 15) is 9.59 Å². The van der Waals surface area contributed by atoms with Crippen molar-refractivity contribution in [2.24, 2.45) is 0 Å². The normalized spacial score (nSPS) is 14.3. The molecule has 6 nitrogen and oxygen atoms in total. The van der Waals surface area contributed by atoms with Crippen LogP contribution in [0, 0.1) is 0 Å². The van der Waals surface area contributed by atoms with Crippen molar-refractivity contribution >= 4 is 28.3 Å². The summed E-state index contributed by atoms with van der Waals surface area (Å²) in [6.45, 7) is 2.73. The van der Waals surface area contributed by atoms with Crippen LogP contribution in [0.25, 0.3) is 10.8 Å². The number of hydrogen-bond donors (Lipinski definition) is 0. The molecule has 1 fully saturated rings. The Hall–Kier alpha value is -3.28. The van der Waals surface area contributed by atoms with Crippen LogP contribution in [0.4, 0.5) is 5.82 Å². The highest BCUT2D eigenvalue weighted by molar-refractivity contribution is 6.01. The molecule has 1 saturated heterocycles. The molecule has 0 aliphatic carbocycles. The highest BCUT2D eigenvalue weighted by Crippen LogP contribution is 2.18. The number of piperazine rings is 1. The molecule has 0 bridgehead atoms. The van der Waals surface area contributed by atoms with E-state index in [1.54, 1.807) is 18.6 Å². The van der Waals surface area contributed by atoms with Crippen LogP contribution in [-0.4, -0.2) is 52.7 Å². The van der Waals surface area contributed by atoms with Gasteiger partial charge in [0.05, 0.1) is 6.20 Å². The van der Waals surface area contributed by atoms with E-state index in [0.717, 1.165) is 29.7 Å². The van der Waals surface area contributed by atoms with E-state index in [0.29, 0.717) is 18.7 Å². The van der Waals surface area contributed by atoms with E-state index in [1.807, 2.05) is 47.4 Å². The van der Waals surface area contributed by atoms with Crippen molar-refractivity contribution in [2.75, 3.05) is 31.1 Å². The monoisotopic (exact) mass is 374 g/mol. The summed E-state index contributed by atoms with van der Waals surface area (Å²) in [7, 11) is 0. The van der Waals surface area contributed by atoms with E-state index in [2.05, 4.69) is 14.9 Å². The second-order valence-corrected chi connectivity index (χ2v) is 6.92. The Balaban J connectivity index is 1.30. The highest BCUT2D eigenvalue weighted by Gasteiger charge is 2.22. The first-order valence-corrected chi connectivity index (χ1v) is 9.51. The molecule has 2 heterocycles. The van der Waals surface area contributed by atoms with Crippen molar-refractivity contribution in [3.63, 3.8) is 0 Å². The molecular formula is C22H22N4O2. The molecule has 2 aromatic carbocycles. The number of amides is 1. The van der Waals surface area contributed by atoms with Crippen molar-refractivity contribution in [1.82, 2.24) is 14.9 Å². The third-order valence-electron chi connectivity index (χ3n) is 5.14. The van der Waals surface area contributed by atoms with Crippen LogP contribution in [0.2, 0.25) is 0 Å². The van der Waals surface area contributed by atoms with Gasteiger partial charge < -0.3 is 9.80 Å². The fraction of sp³-hybridized carbons (Fsp3) is 0.273. The first kappa shape index (κ1) is 18.1. The van der Waals surface area contributed by atoms with Crippen LogP contribution in [0.15, 0.2) is 61.1 Å². The number of carbonyl (C=O) groups excluding carboxylic acids is 2. The van der Waals surface area contributed by atoms with Crippen molar-refractivity contribution in [2.45, 2.75) is 12.8 Å². The Morgan fingerprint density at radius 3 is 2.43 bits per heavy atom. The van der Waals surface area contributed by atoms with Gasteiger partial charge in [0.2, 0.25) is 5.91 Å². The largest absolute Gasteiger partial charge is 0.352 e. The van der Waals surface area contributed by atoms with Gasteiger partial charge in [-0.3, -0.25) is 14.6 Å².